The molecule has 15 heavy (non-hydrogen) atoms. The van der Waals surface area contributed by atoms with Gasteiger partial charge in [0.2, 0.25) is 10.9 Å². The molecule has 0 aromatic heterocycles. The minimum Gasteiger partial charge on any atom is -0.371 e. The number of hydrogen-bond donors (Lipinski definition) is 1. The highest BCUT2D eigenvalue weighted by atomic mass is 16.2. The van der Waals surface area contributed by atoms with Crippen molar-refractivity contribution in [1.82, 2.24) is 0 Å². The molecule has 0 saturated heterocycles. The Bertz CT molecular complexity index is 494. The summed E-state index contributed by atoms with van der Waals surface area (Å²) in [5.41, 5.74) is -0.488. The van der Waals surface area contributed by atoms with E-state index >= 15 is 0 Å². The van der Waals surface area contributed by atoms with Gasteiger partial charge in [-0.15, -0.1) is 0 Å². The van der Waals surface area contributed by atoms with Crippen molar-refractivity contribution in [2.24, 2.45) is 0 Å². The van der Waals surface area contributed by atoms with Crippen LogP contribution < -0.4 is 16.2 Å². The zero-order valence-electron chi connectivity index (χ0n) is 8.21. The van der Waals surface area contributed by atoms with Gasteiger partial charge in [-0.2, -0.15) is 0 Å². The molecule has 1 fully saturated rings. The van der Waals surface area contributed by atoms with Crippen molar-refractivity contribution in [3.05, 3.63) is 32.6 Å². The van der Waals surface area contributed by atoms with Crippen LogP contribution in [-0.2, 0) is 4.79 Å². The number of nitrogens with one attached hydrogen (secondary N) is 1. The topological polar surface area (TPSA) is 63.2 Å². The van der Waals surface area contributed by atoms with Gasteiger partial charge in [0.05, 0.1) is 17.3 Å². The van der Waals surface area contributed by atoms with E-state index in [1.54, 1.807) is 0 Å². The molecule has 0 aliphatic heterocycles. The predicted molar refractivity (Wildman–Crippen MR) is 57.7 cm³/mol. The van der Waals surface area contributed by atoms with Gasteiger partial charge >= 0.3 is 0 Å². The van der Waals surface area contributed by atoms with Crippen molar-refractivity contribution in [2.75, 3.05) is 5.32 Å². The summed E-state index contributed by atoms with van der Waals surface area (Å²) in [6, 6.07) is -0.299. The standard InChI is InChI=1S/C11H11NO3/c1-2-6-9(11(15)10(6)14)12-7-4-3-5-8(7)13/h2,7,12H,1,3-5H2. The van der Waals surface area contributed by atoms with Crippen LogP contribution in [0.5, 0.6) is 0 Å². The molecule has 0 amide bonds. The molecular formula is C11H11NO3. The molecule has 1 aromatic carbocycles. The van der Waals surface area contributed by atoms with Crippen molar-refractivity contribution >= 4 is 17.5 Å². The lowest BCUT2D eigenvalue weighted by Crippen LogP contribution is -2.40. The largest absolute Gasteiger partial charge is 0.371 e. The highest BCUT2D eigenvalue weighted by Crippen LogP contribution is 2.19. The first-order chi connectivity index (χ1) is 7.15. The first-order valence-electron chi connectivity index (χ1n) is 4.90. The first kappa shape index (κ1) is 9.83. The average molecular weight is 205 g/mol. The van der Waals surface area contributed by atoms with E-state index in [0.29, 0.717) is 12.0 Å². The van der Waals surface area contributed by atoms with E-state index in [2.05, 4.69) is 11.9 Å². The lowest BCUT2D eigenvalue weighted by atomic mass is 10.1. The van der Waals surface area contributed by atoms with E-state index in [1.807, 2.05) is 0 Å². The minimum atomic E-state index is -0.537. The van der Waals surface area contributed by atoms with Gasteiger partial charge in [0, 0.05) is 6.42 Å². The van der Waals surface area contributed by atoms with Gasteiger partial charge in [0.1, 0.15) is 0 Å². The molecule has 2 rings (SSSR count). The number of anilines is 1. The van der Waals surface area contributed by atoms with E-state index in [4.69, 9.17) is 0 Å². The normalized spacial score (nSPS) is 20.8. The fourth-order valence-corrected chi connectivity index (χ4v) is 1.89. The second-order valence-electron chi connectivity index (χ2n) is 3.71. The summed E-state index contributed by atoms with van der Waals surface area (Å²) in [5.74, 6) is 0.109. The van der Waals surface area contributed by atoms with Gasteiger partial charge in [0.15, 0.2) is 5.78 Å². The van der Waals surface area contributed by atoms with E-state index < -0.39 is 10.9 Å². The van der Waals surface area contributed by atoms with E-state index in [-0.39, 0.29) is 17.5 Å². The lowest BCUT2D eigenvalue weighted by Gasteiger charge is -2.15. The summed E-state index contributed by atoms with van der Waals surface area (Å²) in [6.45, 7) is 3.46. The van der Waals surface area contributed by atoms with Crippen molar-refractivity contribution in [3.63, 3.8) is 0 Å². The van der Waals surface area contributed by atoms with Crippen LogP contribution in [-0.4, -0.2) is 11.8 Å². The number of ketones is 1. The molecule has 1 unspecified atom stereocenters. The molecule has 4 heteroatoms. The van der Waals surface area contributed by atoms with Crippen LogP contribution in [0, 0.1) is 0 Å². The molecule has 0 spiro atoms. The molecule has 1 aliphatic carbocycles. The van der Waals surface area contributed by atoms with E-state index in [0.717, 1.165) is 12.8 Å². The second-order valence-corrected chi connectivity index (χ2v) is 3.71. The van der Waals surface area contributed by atoms with Crippen LogP contribution in [0.2, 0.25) is 0 Å². The van der Waals surface area contributed by atoms with Crippen LogP contribution in [0.3, 0.4) is 0 Å². The SMILES string of the molecule is C=Cc1c(NC2CCCC2=O)c(=O)c1=O. The number of Topliss-reactive ketones (excluding diaryl/α,β-unsaturated/α-hetero) is 1. The quantitative estimate of drug-likeness (QED) is 0.728. The van der Waals surface area contributed by atoms with Crippen molar-refractivity contribution < 1.29 is 4.79 Å². The smallest absolute Gasteiger partial charge is 0.250 e. The third-order valence-corrected chi connectivity index (χ3v) is 2.77. The maximum Gasteiger partial charge on any atom is 0.250 e. The van der Waals surface area contributed by atoms with Gasteiger partial charge in [-0.3, -0.25) is 14.4 Å². The minimum absolute atomic E-state index is 0.109. The maximum absolute atomic E-state index is 11.3. The molecule has 1 N–H and O–H groups in total. The van der Waals surface area contributed by atoms with Crippen molar-refractivity contribution in [1.29, 1.82) is 0 Å². The summed E-state index contributed by atoms with van der Waals surface area (Å²) in [4.78, 5) is 33.6. The summed E-state index contributed by atoms with van der Waals surface area (Å²) in [7, 11) is 0. The summed E-state index contributed by atoms with van der Waals surface area (Å²) >= 11 is 0. The van der Waals surface area contributed by atoms with Gasteiger partial charge in [-0.25, -0.2) is 0 Å². The average Bonchev–Trinajstić information content (AvgIpc) is 2.63. The van der Waals surface area contributed by atoms with Crippen LogP contribution in [0.1, 0.15) is 24.8 Å². The van der Waals surface area contributed by atoms with E-state index in [9.17, 15) is 14.4 Å². The third-order valence-electron chi connectivity index (χ3n) is 2.77. The van der Waals surface area contributed by atoms with Gasteiger partial charge in [0.25, 0.3) is 0 Å². The van der Waals surface area contributed by atoms with Crippen molar-refractivity contribution in [2.45, 2.75) is 25.3 Å². The van der Waals surface area contributed by atoms with Crippen LogP contribution in [0.25, 0.3) is 6.08 Å². The van der Waals surface area contributed by atoms with Crippen molar-refractivity contribution in [3.8, 4) is 0 Å². The predicted octanol–water partition coefficient (Wildman–Crippen LogP) is 0.459. The molecule has 1 atom stereocenters. The highest BCUT2D eigenvalue weighted by molar-refractivity contribution is 5.89. The lowest BCUT2D eigenvalue weighted by molar-refractivity contribution is -0.118. The number of rotatable bonds is 3. The summed E-state index contributed by atoms with van der Waals surface area (Å²) in [6.07, 6.45) is 3.48. The Balaban J connectivity index is 2.22. The molecule has 4 nitrogen and oxygen atoms in total. The Hall–Kier alpha value is -1.71. The monoisotopic (exact) mass is 205 g/mol. The Morgan fingerprint density at radius 3 is 2.53 bits per heavy atom. The molecular weight excluding hydrogens is 194 g/mol. The van der Waals surface area contributed by atoms with Gasteiger partial charge in [-0.1, -0.05) is 12.7 Å². The highest BCUT2D eigenvalue weighted by Gasteiger charge is 2.28. The molecule has 0 heterocycles. The van der Waals surface area contributed by atoms with Gasteiger partial charge in [-0.05, 0) is 12.8 Å². The molecule has 0 radical (unpaired) electrons. The second kappa shape index (κ2) is 3.46. The fraction of sp³-hybridized carbons (Fsp3) is 0.364. The Kier molecular flexibility index (Phi) is 2.26. The molecule has 1 saturated carbocycles. The molecule has 1 aromatic rings. The third kappa shape index (κ3) is 1.42. The zero-order valence-corrected chi connectivity index (χ0v) is 8.21. The Labute approximate surface area is 86.3 Å². The van der Waals surface area contributed by atoms with Crippen LogP contribution in [0.15, 0.2) is 16.2 Å². The van der Waals surface area contributed by atoms with Crippen LogP contribution in [0.4, 0.5) is 5.69 Å². The maximum atomic E-state index is 11.3. The number of hydrogen-bond acceptors (Lipinski definition) is 4. The van der Waals surface area contributed by atoms with Crippen LogP contribution >= 0.6 is 0 Å². The fourth-order valence-electron chi connectivity index (χ4n) is 1.89. The Morgan fingerprint density at radius 1 is 1.27 bits per heavy atom. The molecule has 0 bridgehead atoms. The molecule has 1 aliphatic rings. The van der Waals surface area contributed by atoms with E-state index in [1.165, 1.54) is 6.08 Å². The summed E-state index contributed by atoms with van der Waals surface area (Å²) < 4.78 is 0. The molecule has 78 valence electrons. The summed E-state index contributed by atoms with van der Waals surface area (Å²) in [5, 5.41) is 2.83. The van der Waals surface area contributed by atoms with Gasteiger partial charge < -0.3 is 5.32 Å². The Morgan fingerprint density at radius 2 is 2.00 bits per heavy atom. The number of carbonyl (C=O) groups excluding carboxylic acids is 1. The number of carbonyl (C=O) groups is 1. The first-order valence-corrected chi connectivity index (χ1v) is 4.90. The zero-order chi connectivity index (χ0) is 11.0.